The smallest absolute Gasteiger partial charge is 0.176 e. The average molecular weight is 278 g/mol. The summed E-state index contributed by atoms with van der Waals surface area (Å²) >= 11 is 1.28. The molecule has 0 saturated heterocycles. The highest BCUT2D eigenvalue weighted by molar-refractivity contribution is 7.08. The minimum absolute atomic E-state index is 0.0906. The van der Waals surface area contributed by atoms with Crippen LogP contribution < -0.4 is 0 Å². The molecule has 3 atom stereocenters. The molecule has 1 heterocycles. The SMILES string of the molecule is CC(C)(C)c1nnsc1C(=O)CC1CC2CCC1C2. The van der Waals surface area contributed by atoms with Crippen molar-refractivity contribution in [2.45, 2.75) is 58.3 Å². The third-order valence-corrected chi connectivity index (χ3v) is 5.55. The van der Waals surface area contributed by atoms with Crippen molar-refractivity contribution in [2.24, 2.45) is 17.8 Å². The van der Waals surface area contributed by atoms with Gasteiger partial charge in [0.25, 0.3) is 0 Å². The average Bonchev–Trinajstić information content (AvgIpc) is 3.03. The minimum atomic E-state index is -0.0906. The van der Waals surface area contributed by atoms with Crippen LogP contribution >= 0.6 is 11.5 Å². The summed E-state index contributed by atoms with van der Waals surface area (Å²) < 4.78 is 4.00. The molecule has 0 spiro atoms. The largest absolute Gasteiger partial charge is 0.293 e. The van der Waals surface area contributed by atoms with Crippen LogP contribution in [0.4, 0.5) is 0 Å². The van der Waals surface area contributed by atoms with E-state index in [2.05, 4.69) is 30.4 Å². The Morgan fingerprint density at radius 3 is 2.68 bits per heavy atom. The van der Waals surface area contributed by atoms with Gasteiger partial charge in [0.2, 0.25) is 0 Å². The van der Waals surface area contributed by atoms with E-state index in [9.17, 15) is 4.79 Å². The zero-order valence-electron chi connectivity index (χ0n) is 12.0. The van der Waals surface area contributed by atoms with Crippen molar-refractivity contribution in [1.82, 2.24) is 9.59 Å². The van der Waals surface area contributed by atoms with Crippen molar-refractivity contribution in [1.29, 1.82) is 0 Å². The van der Waals surface area contributed by atoms with Crippen LogP contribution in [0.15, 0.2) is 0 Å². The Labute approximate surface area is 119 Å². The van der Waals surface area contributed by atoms with Gasteiger partial charge in [0.05, 0.1) is 5.69 Å². The van der Waals surface area contributed by atoms with Crippen molar-refractivity contribution >= 4 is 17.3 Å². The second-order valence-electron chi connectivity index (χ2n) is 7.26. The molecule has 2 saturated carbocycles. The molecule has 2 fully saturated rings. The molecule has 1 aromatic rings. The predicted octanol–water partition coefficient (Wildman–Crippen LogP) is 3.84. The molecule has 0 aliphatic heterocycles. The fraction of sp³-hybridized carbons (Fsp3) is 0.800. The van der Waals surface area contributed by atoms with Crippen molar-refractivity contribution < 1.29 is 4.79 Å². The van der Waals surface area contributed by atoms with Gasteiger partial charge in [-0.25, -0.2) is 0 Å². The quantitative estimate of drug-likeness (QED) is 0.789. The number of ketones is 1. The van der Waals surface area contributed by atoms with E-state index < -0.39 is 0 Å². The van der Waals surface area contributed by atoms with Crippen LogP contribution in [0.2, 0.25) is 0 Å². The van der Waals surface area contributed by atoms with E-state index in [1.807, 2.05) is 0 Å². The second-order valence-corrected chi connectivity index (χ2v) is 8.02. The first kappa shape index (κ1) is 13.2. The third kappa shape index (κ3) is 2.47. The number of rotatable bonds is 3. The van der Waals surface area contributed by atoms with Crippen LogP contribution in [-0.4, -0.2) is 15.4 Å². The lowest BCUT2D eigenvalue weighted by Gasteiger charge is -2.21. The van der Waals surface area contributed by atoms with Gasteiger partial charge >= 0.3 is 0 Å². The van der Waals surface area contributed by atoms with E-state index in [1.54, 1.807) is 0 Å². The van der Waals surface area contributed by atoms with Crippen LogP contribution in [0.3, 0.4) is 0 Å². The lowest BCUT2D eigenvalue weighted by Crippen LogP contribution is -2.19. The normalized spacial score (nSPS) is 29.9. The van der Waals surface area contributed by atoms with Crippen LogP contribution in [0.5, 0.6) is 0 Å². The van der Waals surface area contributed by atoms with Gasteiger partial charge < -0.3 is 0 Å². The van der Waals surface area contributed by atoms with Gasteiger partial charge in [-0.1, -0.05) is 31.7 Å². The monoisotopic (exact) mass is 278 g/mol. The summed E-state index contributed by atoms with van der Waals surface area (Å²) in [5.74, 6) is 2.62. The molecule has 0 aromatic carbocycles. The standard InChI is InChI=1S/C15H22N2OS/c1-15(2,3)14-13(19-17-16-14)12(18)8-11-7-9-4-5-10(11)6-9/h9-11H,4-8H2,1-3H3. The number of aromatic nitrogens is 2. The second kappa shape index (κ2) is 4.65. The Morgan fingerprint density at radius 2 is 2.11 bits per heavy atom. The molecule has 4 heteroatoms. The number of carbonyl (C=O) groups is 1. The van der Waals surface area contributed by atoms with Gasteiger partial charge in [0.1, 0.15) is 4.88 Å². The van der Waals surface area contributed by atoms with E-state index in [0.29, 0.717) is 12.3 Å². The van der Waals surface area contributed by atoms with Gasteiger partial charge in [0, 0.05) is 11.8 Å². The number of nitrogens with zero attached hydrogens (tertiary/aromatic N) is 2. The lowest BCUT2D eigenvalue weighted by molar-refractivity contribution is 0.0946. The Bertz CT molecular complexity index is 489. The first-order chi connectivity index (χ1) is 8.95. The molecule has 3 unspecified atom stereocenters. The summed E-state index contributed by atoms with van der Waals surface area (Å²) in [5.41, 5.74) is 0.790. The highest BCUT2D eigenvalue weighted by Gasteiger charge is 2.40. The maximum absolute atomic E-state index is 12.5. The Kier molecular flexibility index (Phi) is 3.24. The summed E-state index contributed by atoms with van der Waals surface area (Å²) in [5, 5.41) is 4.18. The van der Waals surface area contributed by atoms with E-state index in [-0.39, 0.29) is 11.2 Å². The molecule has 2 bridgehead atoms. The summed E-state index contributed by atoms with van der Waals surface area (Å²) in [6.07, 6.45) is 6.09. The predicted molar refractivity (Wildman–Crippen MR) is 76.5 cm³/mol. The van der Waals surface area contributed by atoms with E-state index in [4.69, 9.17) is 0 Å². The first-order valence-electron chi connectivity index (χ1n) is 7.31. The van der Waals surface area contributed by atoms with Gasteiger partial charge in [0.15, 0.2) is 5.78 Å². The van der Waals surface area contributed by atoms with Gasteiger partial charge in [-0.15, -0.1) is 5.10 Å². The summed E-state index contributed by atoms with van der Waals surface area (Å²) in [7, 11) is 0. The molecule has 104 valence electrons. The maximum Gasteiger partial charge on any atom is 0.176 e. The van der Waals surface area contributed by atoms with Crippen molar-refractivity contribution in [3.63, 3.8) is 0 Å². The fourth-order valence-electron chi connectivity index (χ4n) is 3.82. The van der Waals surface area contributed by atoms with E-state index in [1.165, 1.54) is 37.2 Å². The Hall–Kier alpha value is -0.770. The van der Waals surface area contributed by atoms with Crippen molar-refractivity contribution in [2.75, 3.05) is 0 Å². The lowest BCUT2D eigenvalue weighted by atomic mass is 9.83. The summed E-state index contributed by atoms with van der Waals surface area (Å²) in [6.45, 7) is 6.29. The van der Waals surface area contributed by atoms with Crippen LogP contribution in [0, 0.1) is 17.8 Å². The van der Waals surface area contributed by atoms with E-state index in [0.717, 1.165) is 22.4 Å². The minimum Gasteiger partial charge on any atom is -0.293 e. The van der Waals surface area contributed by atoms with Crippen LogP contribution in [0.1, 0.15) is 68.2 Å². The molecule has 1 aromatic heterocycles. The molecule has 19 heavy (non-hydrogen) atoms. The molecule has 0 radical (unpaired) electrons. The zero-order chi connectivity index (χ0) is 13.6. The van der Waals surface area contributed by atoms with Gasteiger partial charge in [-0.05, 0) is 48.5 Å². The Balaban J connectivity index is 1.73. The molecular formula is C15H22N2OS. The third-order valence-electron chi connectivity index (χ3n) is 4.78. The molecule has 0 amide bonds. The highest BCUT2D eigenvalue weighted by Crippen LogP contribution is 2.50. The molecule has 2 aliphatic rings. The summed E-state index contributed by atoms with van der Waals surface area (Å²) in [6, 6.07) is 0. The van der Waals surface area contributed by atoms with Crippen LogP contribution in [0.25, 0.3) is 0 Å². The van der Waals surface area contributed by atoms with Crippen LogP contribution in [-0.2, 0) is 5.41 Å². The Morgan fingerprint density at radius 1 is 1.32 bits per heavy atom. The fourth-order valence-corrected chi connectivity index (χ4v) is 4.64. The number of carbonyl (C=O) groups excluding carboxylic acids is 1. The topological polar surface area (TPSA) is 42.9 Å². The van der Waals surface area contributed by atoms with Gasteiger partial charge in [-0.3, -0.25) is 4.79 Å². The maximum atomic E-state index is 12.5. The highest BCUT2D eigenvalue weighted by atomic mass is 32.1. The summed E-state index contributed by atoms with van der Waals surface area (Å²) in [4.78, 5) is 13.3. The number of fused-ring (bicyclic) bond motifs is 2. The first-order valence-corrected chi connectivity index (χ1v) is 8.08. The molecule has 2 aliphatic carbocycles. The molecular weight excluding hydrogens is 256 g/mol. The van der Waals surface area contributed by atoms with E-state index >= 15 is 0 Å². The van der Waals surface area contributed by atoms with Crippen molar-refractivity contribution in [3.05, 3.63) is 10.6 Å². The van der Waals surface area contributed by atoms with Gasteiger partial charge in [-0.2, -0.15) is 0 Å². The number of hydrogen-bond donors (Lipinski definition) is 0. The number of hydrogen-bond acceptors (Lipinski definition) is 4. The molecule has 0 N–H and O–H groups in total. The molecule has 3 rings (SSSR count). The molecule has 3 nitrogen and oxygen atoms in total. The zero-order valence-corrected chi connectivity index (χ0v) is 12.8. The number of Topliss-reactive ketones (excluding diaryl/α,β-unsaturated/α-hetero) is 1. The van der Waals surface area contributed by atoms with Crippen molar-refractivity contribution in [3.8, 4) is 0 Å².